The molecule has 0 amide bonds. The van der Waals surface area contributed by atoms with Crippen LogP contribution in [-0.2, 0) is 25.9 Å². The third-order valence-electron chi connectivity index (χ3n) is 4.04. The molecule has 2 aromatic rings. The van der Waals surface area contributed by atoms with Gasteiger partial charge in [0.25, 0.3) is 0 Å². The van der Waals surface area contributed by atoms with Gasteiger partial charge in [0.2, 0.25) is 0 Å². The molecule has 0 aliphatic carbocycles. The van der Waals surface area contributed by atoms with Crippen LogP contribution in [0.5, 0.6) is 0 Å². The number of nitrogens with one attached hydrogen (secondary N) is 1. The standard InChI is InChI=1S/C16H27N5/c1-6-14-10-15(20(7-2)19-14)11-21-13(4)16(8-9-17-5)12(3)18-21/h10,17H,6-9,11H2,1-5H3. The van der Waals surface area contributed by atoms with Crippen molar-refractivity contribution in [2.24, 2.45) is 0 Å². The van der Waals surface area contributed by atoms with Crippen molar-refractivity contribution in [2.45, 2.75) is 53.6 Å². The van der Waals surface area contributed by atoms with Gasteiger partial charge in [0.05, 0.1) is 23.6 Å². The van der Waals surface area contributed by atoms with Crippen molar-refractivity contribution in [1.82, 2.24) is 24.9 Å². The Morgan fingerprint density at radius 3 is 2.52 bits per heavy atom. The quantitative estimate of drug-likeness (QED) is 0.849. The zero-order chi connectivity index (χ0) is 15.4. The fourth-order valence-corrected chi connectivity index (χ4v) is 2.74. The van der Waals surface area contributed by atoms with E-state index >= 15 is 0 Å². The number of likely N-dealkylation sites (N-methyl/N-ethyl adjacent to an activating group) is 1. The van der Waals surface area contributed by atoms with E-state index in [1.807, 2.05) is 7.05 Å². The molecule has 0 aliphatic rings. The highest BCUT2D eigenvalue weighted by Gasteiger charge is 2.13. The van der Waals surface area contributed by atoms with E-state index in [4.69, 9.17) is 5.10 Å². The number of rotatable bonds is 7. The second kappa shape index (κ2) is 6.89. The molecule has 5 heteroatoms. The Balaban J connectivity index is 2.25. The van der Waals surface area contributed by atoms with Crippen molar-refractivity contribution in [1.29, 1.82) is 0 Å². The molecule has 0 atom stereocenters. The molecule has 2 rings (SSSR count). The molecule has 0 saturated heterocycles. The minimum atomic E-state index is 0.799. The molecule has 5 nitrogen and oxygen atoms in total. The van der Waals surface area contributed by atoms with Gasteiger partial charge in [0.15, 0.2) is 0 Å². The van der Waals surface area contributed by atoms with E-state index in [1.165, 1.54) is 17.0 Å². The predicted molar refractivity (Wildman–Crippen MR) is 85.7 cm³/mol. The van der Waals surface area contributed by atoms with Crippen LogP contribution in [0.4, 0.5) is 0 Å². The Morgan fingerprint density at radius 1 is 1.14 bits per heavy atom. The fourth-order valence-electron chi connectivity index (χ4n) is 2.74. The number of hydrogen-bond acceptors (Lipinski definition) is 3. The minimum Gasteiger partial charge on any atom is -0.319 e. The molecule has 0 bridgehead atoms. The number of aromatic nitrogens is 4. The average Bonchev–Trinajstić information content (AvgIpc) is 2.99. The lowest BCUT2D eigenvalue weighted by molar-refractivity contribution is 0.565. The zero-order valence-electron chi connectivity index (χ0n) is 13.9. The molecule has 21 heavy (non-hydrogen) atoms. The Morgan fingerprint density at radius 2 is 1.90 bits per heavy atom. The van der Waals surface area contributed by atoms with Crippen LogP contribution in [0, 0.1) is 13.8 Å². The van der Waals surface area contributed by atoms with Crippen LogP contribution in [-0.4, -0.2) is 33.2 Å². The van der Waals surface area contributed by atoms with Crippen molar-refractivity contribution < 1.29 is 0 Å². The second-order valence-electron chi connectivity index (χ2n) is 5.46. The van der Waals surface area contributed by atoms with E-state index in [2.05, 4.69) is 53.5 Å². The van der Waals surface area contributed by atoms with E-state index in [1.54, 1.807) is 0 Å². The van der Waals surface area contributed by atoms with Crippen LogP contribution in [0.2, 0.25) is 0 Å². The summed E-state index contributed by atoms with van der Waals surface area (Å²) in [7, 11) is 1.99. The lowest BCUT2D eigenvalue weighted by Gasteiger charge is -2.07. The number of nitrogens with zero attached hydrogens (tertiary/aromatic N) is 4. The first-order valence-corrected chi connectivity index (χ1v) is 7.83. The normalized spacial score (nSPS) is 11.3. The first-order valence-electron chi connectivity index (χ1n) is 7.83. The third-order valence-corrected chi connectivity index (χ3v) is 4.04. The lowest BCUT2D eigenvalue weighted by Crippen LogP contribution is -2.12. The molecule has 0 aliphatic heterocycles. The van der Waals surface area contributed by atoms with Gasteiger partial charge in [-0.05, 0) is 58.8 Å². The van der Waals surface area contributed by atoms with E-state index in [-0.39, 0.29) is 0 Å². The smallest absolute Gasteiger partial charge is 0.0831 e. The maximum atomic E-state index is 4.72. The van der Waals surface area contributed by atoms with E-state index in [0.29, 0.717) is 0 Å². The summed E-state index contributed by atoms with van der Waals surface area (Å²) in [6.07, 6.45) is 2.01. The molecule has 116 valence electrons. The highest BCUT2D eigenvalue weighted by Crippen LogP contribution is 2.16. The van der Waals surface area contributed by atoms with Crippen LogP contribution < -0.4 is 5.32 Å². The van der Waals surface area contributed by atoms with Crippen LogP contribution in [0.1, 0.15) is 42.2 Å². The van der Waals surface area contributed by atoms with Crippen molar-refractivity contribution >= 4 is 0 Å². The SMILES string of the molecule is CCc1cc(Cn2nc(C)c(CCNC)c2C)n(CC)n1. The maximum absolute atomic E-state index is 4.72. The van der Waals surface area contributed by atoms with Gasteiger partial charge in [-0.1, -0.05) is 6.92 Å². The fraction of sp³-hybridized carbons (Fsp3) is 0.625. The summed E-state index contributed by atoms with van der Waals surface area (Å²) in [5.41, 5.74) is 6.16. The highest BCUT2D eigenvalue weighted by molar-refractivity contribution is 5.25. The van der Waals surface area contributed by atoms with Gasteiger partial charge in [-0.15, -0.1) is 0 Å². The summed E-state index contributed by atoms with van der Waals surface area (Å²) in [6, 6.07) is 2.20. The van der Waals surface area contributed by atoms with Gasteiger partial charge in [-0.3, -0.25) is 9.36 Å². The lowest BCUT2D eigenvalue weighted by atomic mass is 10.1. The summed E-state index contributed by atoms with van der Waals surface area (Å²) in [6.45, 7) is 11.2. The van der Waals surface area contributed by atoms with Crippen LogP contribution >= 0.6 is 0 Å². The summed E-state index contributed by atoms with van der Waals surface area (Å²) < 4.78 is 4.20. The summed E-state index contributed by atoms with van der Waals surface area (Å²) in [5, 5.41) is 12.5. The molecular weight excluding hydrogens is 262 g/mol. The maximum Gasteiger partial charge on any atom is 0.0831 e. The largest absolute Gasteiger partial charge is 0.319 e. The number of aryl methyl sites for hydroxylation is 3. The third kappa shape index (κ3) is 3.35. The van der Waals surface area contributed by atoms with E-state index in [0.717, 1.165) is 43.9 Å². The Bertz CT molecular complexity index is 594. The van der Waals surface area contributed by atoms with Gasteiger partial charge >= 0.3 is 0 Å². The molecule has 0 unspecified atom stereocenters. The minimum absolute atomic E-state index is 0.799. The van der Waals surface area contributed by atoms with Crippen LogP contribution in [0.25, 0.3) is 0 Å². The molecule has 0 fully saturated rings. The molecule has 1 N–H and O–H groups in total. The van der Waals surface area contributed by atoms with Gasteiger partial charge < -0.3 is 5.32 Å². The summed E-state index contributed by atoms with van der Waals surface area (Å²) in [4.78, 5) is 0. The van der Waals surface area contributed by atoms with Gasteiger partial charge in [0, 0.05) is 12.2 Å². The second-order valence-corrected chi connectivity index (χ2v) is 5.46. The Labute approximate surface area is 127 Å². The van der Waals surface area contributed by atoms with Crippen molar-refractivity contribution in [3.8, 4) is 0 Å². The van der Waals surface area contributed by atoms with Gasteiger partial charge in [0.1, 0.15) is 0 Å². The topological polar surface area (TPSA) is 47.7 Å². The Kier molecular flexibility index (Phi) is 5.17. The molecule has 2 heterocycles. The van der Waals surface area contributed by atoms with Crippen LogP contribution in [0.15, 0.2) is 6.07 Å². The molecule has 0 saturated carbocycles. The van der Waals surface area contributed by atoms with Crippen molar-refractivity contribution in [3.05, 3.63) is 34.4 Å². The van der Waals surface area contributed by atoms with E-state index < -0.39 is 0 Å². The predicted octanol–water partition coefficient (Wildman–Crippen LogP) is 2.09. The Hall–Kier alpha value is -1.62. The molecule has 0 spiro atoms. The first kappa shape index (κ1) is 15.8. The van der Waals surface area contributed by atoms with E-state index in [9.17, 15) is 0 Å². The molecule has 2 aromatic heterocycles. The average molecular weight is 289 g/mol. The number of hydrogen-bond donors (Lipinski definition) is 1. The molecule has 0 aromatic carbocycles. The summed E-state index contributed by atoms with van der Waals surface area (Å²) >= 11 is 0. The van der Waals surface area contributed by atoms with Gasteiger partial charge in [-0.25, -0.2) is 0 Å². The first-order chi connectivity index (χ1) is 10.1. The summed E-state index contributed by atoms with van der Waals surface area (Å²) in [5.74, 6) is 0. The molecule has 0 radical (unpaired) electrons. The highest BCUT2D eigenvalue weighted by atomic mass is 15.3. The molecular formula is C16H27N5. The monoisotopic (exact) mass is 289 g/mol. The zero-order valence-corrected chi connectivity index (χ0v) is 13.9. The van der Waals surface area contributed by atoms with Crippen LogP contribution in [0.3, 0.4) is 0 Å². The van der Waals surface area contributed by atoms with Crippen molar-refractivity contribution in [2.75, 3.05) is 13.6 Å². The van der Waals surface area contributed by atoms with Crippen molar-refractivity contribution in [3.63, 3.8) is 0 Å². The van der Waals surface area contributed by atoms with Gasteiger partial charge in [-0.2, -0.15) is 10.2 Å².